The zero-order chi connectivity index (χ0) is 9.69. The van der Waals surface area contributed by atoms with Gasteiger partial charge in [0.25, 0.3) is 0 Å². The van der Waals surface area contributed by atoms with Crippen molar-refractivity contribution < 1.29 is 4.42 Å². The van der Waals surface area contributed by atoms with Gasteiger partial charge in [0.15, 0.2) is 0 Å². The van der Waals surface area contributed by atoms with E-state index in [-0.39, 0.29) is 11.0 Å². The van der Waals surface area contributed by atoms with Crippen molar-refractivity contribution in [1.29, 1.82) is 0 Å². The molecule has 0 aliphatic carbocycles. The van der Waals surface area contributed by atoms with Gasteiger partial charge >= 0.3 is 0 Å². The summed E-state index contributed by atoms with van der Waals surface area (Å²) < 4.78 is 5.57. The Kier molecular flexibility index (Phi) is 1.62. The lowest BCUT2D eigenvalue weighted by Gasteiger charge is -2.39. The summed E-state index contributed by atoms with van der Waals surface area (Å²) >= 11 is 0. The Morgan fingerprint density at radius 2 is 2.00 bits per heavy atom. The second-order valence-corrected chi connectivity index (χ2v) is 5.03. The fraction of sp³-hybridized carbons (Fsp3) is 0.636. The summed E-state index contributed by atoms with van der Waals surface area (Å²) in [7, 11) is 0. The lowest BCUT2D eigenvalue weighted by Crippen LogP contribution is -2.49. The zero-order valence-electron chi connectivity index (χ0n) is 8.77. The van der Waals surface area contributed by atoms with Crippen LogP contribution in [0.1, 0.15) is 39.0 Å². The van der Waals surface area contributed by atoms with Gasteiger partial charge in [-0.1, -0.05) is 13.8 Å². The molecule has 0 bridgehead atoms. The van der Waals surface area contributed by atoms with E-state index in [1.54, 1.807) is 6.26 Å². The zero-order valence-corrected chi connectivity index (χ0v) is 8.77. The molecule has 1 N–H and O–H groups in total. The van der Waals surface area contributed by atoms with Gasteiger partial charge in [-0.2, -0.15) is 0 Å². The second kappa shape index (κ2) is 2.38. The van der Waals surface area contributed by atoms with Crippen LogP contribution in [0.25, 0.3) is 0 Å². The summed E-state index contributed by atoms with van der Waals surface area (Å²) in [6.07, 6.45) is 1.79. The molecule has 1 aromatic rings. The van der Waals surface area contributed by atoms with Crippen LogP contribution >= 0.6 is 0 Å². The number of nitrogens with one attached hydrogen (secondary N) is 1. The summed E-state index contributed by atoms with van der Waals surface area (Å²) in [5.41, 5.74) is 1.47. The average Bonchev–Trinajstić information content (AvgIpc) is 2.48. The Balaban J connectivity index is 2.56. The first-order valence-electron chi connectivity index (χ1n) is 4.77. The van der Waals surface area contributed by atoms with Gasteiger partial charge in [0.1, 0.15) is 5.76 Å². The van der Waals surface area contributed by atoms with E-state index in [0.717, 1.165) is 12.3 Å². The van der Waals surface area contributed by atoms with E-state index in [1.807, 2.05) is 0 Å². The third-order valence-corrected chi connectivity index (χ3v) is 2.93. The van der Waals surface area contributed by atoms with Gasteiger partial charge in [-0.3, -0.25) is 0 Å². The van der Waals surface area contributed by atoms with Crippen molar-refractivity contribution in [3.8, 4) is 0 Å². The normalized spacial score (nSPS) is 24.0. The Morgan fingerprint density at radius 3 is 2.62 bits per heavy atom. The van der Waals surface area contributed by atoms with Crippen molar-refractivity contribution >= 4 is 0 Å². The first-order valence-corrected chi connectivity index (χ1v) is 4.77. The number of hydrogen-bond donors (Lipinski definition) is 1. The SMILES string of the molecule is CC1(C)CNC(C)(C)c2ccoc21. The minimum atomic E-state index is 0.0534. The van der Waals surface area contributed by atoms with Crippen LogP contribution in [-0.2, 0) is 11.0 Å². The third kappa shape index (κ3) is 1.20. The van der Waals surface area contributed by atoms with Gasteiger partial charge in [-0.15, -0.1) is 0 Å². The summed E-state index contributed by atoms with van der Waals surface area (Å²) in [6.45, 7) is 9.77. The Labute approximate surface area is 79.3 Å². The quantitative estimate of drug-likeness (QED) is 0.661. The number of rotatable bonds is 0. The average molecular weight is 179 g/mol. The van der Waals surface area contributed by atoms with Crippen molar-refractivity contribution in [2.45, 2.75) is 38.6 Å². The lowest BCUT2D eigenvalue weighted by molar-refractivity contribution is 0.265. The molecule has 0 fully saturated rings. The Hall–Kier alpha value is -0.760. The number of fused-ring (bicyclic) bond motifs is 1. The monoisotopic (exact) mass is 179 g/mol. The van der Waals surface area contributed by atoms with Crippen LogP contribution in [0.2, 0.25) is 0 Å². The van der Waals surface area contributed by atoms with Gasteiger partial charge in [-0.25, -0.2) is 0 Å². The maximum atomic E-state index is 5.57. The van der Waals surface area contributed by atoms with Crippen LogP contribution in [0.4, 0.5) is 0 Å². The Morgan fingerprint density at radius 1 is 1.31 bits per heavy atom. The molecular formula is C11H17NO. The smallest absolute Gasteiger partial charge is 0.115 e. The summed E-state index contributed by atoms with van der Waals surface area (Å²) in [6, 6.07) is 2.07. The molecule has 0 saturated carbocycles. The van der Waals surface area contributed by atoms with Gasteiger partial charge in [0, 0.05) is 23.1 Å². The standard InChI is InChI=1S/C11H17NO/c1-10(2)7-12-11(3,4)8-5-6-13-9(8)10/h5-6,12H,7H2,1-4H3. The maximum absolute atomic E-state index is 5.57. The lowest BCUT2D eigenvalue weighted by atomic mass is 9.78. The number of hydrogen-bond acceptors (Lipinski definition) is 2. The number of furan rings is 1. The molecule has 2 rings (SSSR count). The molecule has 1 aliphatic rings. The Bertz CT molecular complexity index is 292. The van der Waals surface area contributed by atoms with E-state index in [2.05, 4.69) is 39.1 Å². The van der Waals surface area contributed by atoms with E-state index in [9.17, 15) is 0 Å². The van der Waals surface area contributed by atoms with Gasteiger partial charge in [-0.05, 0) is 19.9 Å². The molecule has 72 valence electrons. The minimum absolute atomic E-state index is 0.0534. The van der Waals surface area contributed by atoms with E-state index >= 15 is 0 Å². The first kappa shape index (κ1) is 8.82. The molecule has 1 aliphatic heterocycles. The van der Waals surface area contributed by atoms with Crippen molar-refractivity contribution in [2.75, 3.05) is 6.54 Å². The molecule has 0 unspecified atom stereocenters. The summed E-state index contributed by atoms with van der Waals surface area (Å²) in [5, 5.41) is 3.53. The second-order valence-electron chi connectivity index (χ2n) is 5.03. The fourth-order valence-corrected chi connectivity index (χ4v) is 1.94. The van der Waals surface area contributed by atoms with Gasteiger partial charge in [0.05, 0.1) is 6.26 Å². The molecule has 13 heavy (non-hydrogen) atoms. The largest absolute Gasteiger partial charge is 0.468 e. The van der Waals surface area contributed by atoms with Crippen molar-refractivity contribution in [2.24, 2.45) is 0 Å². The van der Waals surface area contributed by atoms with Crippen LogP contribution in [0, 0.1) is 0 Å². The van der Waals surface area contributed by atoms with Crippen LogP contribution in [-0.4, -0.2) is 6.54 Å². The topological polar surface area (TPSA) is 25.2 Å². The van der Waals surface area contributed by atoms with Crippen molar-refractivity contribution in [3.63, 3.8) is 0 Å². The molecule has 0 spiro atoms. The van der Waals surface area contributed by atoms with Crippen molar-refractivity contribution in [1.82, 2.24) is 5.32 Å². The van der Waals surface area contributed by atoms with Crippen LogP contribution in [0.5, 0.6) is 0 Å². The molecular weight excluding hydrogens is 162 g/mol. The van der Waals surface area contributed by atoms with E-state index in [4.69, 9.17) is 4.42 Å². The molecule has 0 saturated heterocycles. The molecule has 0 aromatic carbocycles. The van der Waals surface area contributed by atoms with E-state index in [0.29, 0.717) is 0 Å². The predicted octanol–water partition coefficient (Wildman–Crippen LogP) is 2.40. The van der Waals surface area contributed by atoms with Crippen LogP contribution in [0.15, 0.2) is 16.7 Å². The molecule has 0 amide bonds. The van der Waals surface area contributed by atoms with Crippen LogP contribution < -0.4 is 5.32 Å². The highest BCUT2D eigenvalue weighted by atomic mass is 16.3. The maximum Gasteiger partial charge on any atom is 0.115 e. The third-order valence-electron chi connectivity index (χ3n) is 2.93. The van der Waals surface area contributed by atoms with Crippen LogP contribution in [0.3, 0.4) is 0 Å². The molecule has 0 radical (unpaired) electrons. The van der Waals surface area contributed by atoms with E-state index < -0.39 is 0 Å². The van der Waals surface area contributed by atoms with Crippen molar-refractivity contribution in [3.05, 3.63) is 23.7 Å². The fourth-order valence-electron chi connectivity index (χ4n) is 1.94. The predicted molar refractivity (Wildman–Crippen MR) is 52.8 cm³/mol. The minimum Gasteiger partial charge on any atom is -0.468 e. The first-order chi connectivity index (χ1) is 5.93. The highest BCUT2D eigenvalue weighted by molar-refractivity contribution is 5.33. The molecule has 2 heteroatoms. The van der Waals surface area contributed by atoms with Gasteiger partial charge < -0.3 is 9.73 Å². The highest BCUT2D eigenvalue weighted by Crippen LogP contribution is 2.37. The van der Waals surface area contributed by atoms with Gasteiger partial charge in [0.2, 0.25) is 0 Å². The molecule has 0 atom stereocenters. The molecule has 2 heterocycles. The molecule has 1 aromatic heterocycles. The van der Waals surface area contributed by atoms with E-state index in [1.165, 1.54) is 5.56 Å². The highest BCUT2D eigenvalue weighted by Gasteiger charge is 2.39. The summed E-state index contributed by atoms with van der Waals surface area (Å²) in [4.78, 5) is 0. The summed E-state index contributed by atoms with van der Waals surface area (Å²) in [5.74, 6) is 1.14. The molecule has 2 nitrogen and oxygen atoms in total.